The third-order valence-electron chi connectivity index (χ3n) is 3.81. The van der Waals surface area contributed by atoms with Crippen molar-refractivity contribution < 1.29 is 17.9 Å². The molecule has 0 aliphatic carbocycles. The number of benzene rings is 1. The van der Waals surface area contributed by atoms with E-state index in [0.717, 1.165) is 12.8 Å². The van der Waals surface area contributed by atoms with E-state index in [9.17, 15) is 13.2 Å². The molecular weight excluding hydrogens is 316 g/mol. The van der Waals surface area contributed by atoms with Gasteiger partial charge in [-0.3, -0.25) is 4.79 Å². The molecule has 0 saturated carbocycles. The summed E-state index contributed by atoms with van der Waals surface area (Å²) in [6.45, 7) is 5.04. The van der Waals surface area contributed by atoms with E-state index in [1.165, 1.54) is 16.4 Å². The van der Waals surface area contributed by atoms with Gasteiger partial charge < -0.3 is 10.1 Å². The molecule has 1 unspecified atom stereocenters. The van der Waals surface area contributed by atoms with Crippen LogP contribution in [-0.4, -0.2) is 44.4 Å². The van der Waals surface area contributed by atoms with E-state index in [1.54, 1.807) is 12.1 Å². The third-order valence-corrected chi connectivity index (χ3v) is 5.84. The highest BCUT2D eigenvalue weighted by Gasteiger charge is 2.31. The lowest BCUT2D eigenvalue weighted by Gasteiger charge is -2.32. The Kier molecular flexibility index (Phi) is 6.15. The molecule has 6 nitrogen and oxygen atoms in total. The Morgan fingerprint density at radius 3 is 2.65 bits per heavy atom. The van der Waals surface area contributed by atoms with Crippen molar-refractivity contribution in [1.29, 1.82) is 0 Å². The monoisotopic (exact) mass is 340 g/mol. The maximum Gasteiger partial charge on any atom is 0.243 e. The fourth-order valence-corrected chi connectivity index (χ4v) is 4.08. The maximum absolute atomic E-state index is 12.7. The largest absolute Gasteiger partial charge is 0.378 e. The molecule has 1 aliphatic heterocycles. The number of ether oxygens (including phenoxy) is 1. The summed E-state index contributed by atoms with van der Waals surface area (Å²) in [5.41, 5.74) is 0.611. The van der Waals surface area contributed by atoms with Crippen LogP contribution in [0.2, 0.25) is 0 Å². The molecule has 0 bridgehead atoms. The SMILES string of the molecule is CCCCC(=O)Nc1ccc(S(=O)(=O)N2CCOCC2C)cc1. The Labute approximate surface area is 137 Å². The van der Waals surface area contributed by atoms with Crippen molar-refractivity contribution >= 4 is 21.6 Å². The Bertz CT molecular complexity index is 628. The molecule has 1 heterocycles. The molecule has 1 aromatic carbocycles. The van der Waals surface area contributed by atoms with Crippen LogP contribution in [0.25, 0.3) is 0 Å². The first-order valence-corrected chi connectivity index (χ1v) is 9.38. The van der Waals surface area contributed by atoms with Crippen LogP contribution in [-0.2, 0) is 19.6 Å². The summed E-state index contributed by atoms with van der Waals surface area (Å²) in [6, 6.07) is 6.14. The maximum atomic E-state index is 12.7. The van der Waals surface area contributed by atoms with Crippen LogP contribution in [0, 0.1) is 0 Å². The second kappa shape index (κ2) is 7.90. The molecule has 0 radical (unpaired) electrons. The van der Waals surface area contributed by atoms with E-state index in [-0.39, 0.29) is 16.8 Å². The molecule has 7 heteroatoms. The fourth-order valence-electron chi connectivity index (χ4n) is 2.48. The topological polar surface area (TPSA) is 75.7 Å². The first-order chi connectivity index (χ1) is 10.9. The van der Waals surface area contributed by atoms with Gasteiger partial charge in [-0.1, -0.05) is 13.3 Å². The fraction of sp³-hybridized carbons (Fsp3) is 0.562. The minimum absolute atomic E-state index is 0.0516. The van der Waals surface area contributed by atoms with Crippen LogP contribution in [0.4, 0.5) is 5.69 Å². The molecule has 1 atom stereocenters. The number of rotatable bonds is 6. The Hall–Kier alpha value is -1.44. The predicted molar refractivity (Wildman–Crippen MR) is 88.8 cm³/mol. The summed E-state index contributed by atoms with van der Waals surface area (Å²) in [5.74, 6) is -0.0516. The van der Waals surface area contributed by atoms with Gasteiger partial charge in [-0.2, -0.15) is 4.31 Å². The van der Waals surface area contributed by atoms with E-state index < -0.39 is 10.0 Å². The minimum Gasteiger partial charge on any atom is -0.378 e. The molecule has 1 amide bonds. The van der Waals surface area contributed by atoms with Gasteiger partial charge in [0.2, 0.25) is 15.9 Å². The van der Waals surface area contributed by atoms with Crippen LogP contribution in [0.15, 0.2) is 29.2 Å². The normalized spacial score (nSPS) is 19.5. The number of nitrogens with zero attached hydrogens (tertiary/aromatic N) is 1. The zero-order chi connectivity index (χ0) is 16.9. The number of sulfonamides is 1. The van der Waals surface area contributed by atoms with Crippen molar-refractivity contribution in [3.05, 3.63) is 24.3 Å². The molecule has 1 aliphatic rings. The van der Waals surface area contributed by atoms with Gasteiger partial charge in [0, 0.05) is 24.7 Å². The zero-order valence-electron chi connectivity index (χ0n) is 13.6. The molecule has 1 saturated heterocycles. The van der Waals surface area contributed by atoms with Gasteiger partial charge in [-0.25, -0.2) is 8.42 Å². The lowest BCUT2D eigenvalue weighted by Crippen LogP contribution is -2.46. The average Bonchev–Trinajstić information content (AvgIpc) is 2.53. The highest BCUT2D eigenvalue weighted by atomic mass is 32.2. The van der Waals surface area contributed by atoms with Crippen molar-refractivity contribution in [2.45, 2.75) is 44.0 Å². The molecule has 0 aromatic heterocycles. The first kappa shape index (κ1) is 17.9. The molecule has 2 rings (SSSR count). The van der Waals surface area contributed by atoms with Crippen molar-refractivity contribution in [2.75, 3.05) is 25.1 Å². The Balaban J connectivity index is 2.07. The zero-order valence-corrected chi connectivity index (χ0v) is 14.4. The van der Waals surface area contributed by atoms with Crippen LogP contribution in [0.3, 0.4) is 0 Å². The van der Waals surface area contributed by atoms with Gasteiger partial charge in [0.25, 0.3) is 0 Å². The predicted octanol–water partition coefficient (Wildman–Crippen LogP) is 2.22. The summed E-state index contributed by atoms with van der Waals surface area (Å²) >= 11 is 0. The second-order valence-electron chi connectivity index (χ2n) is 5.72. The third kappa shape index (κ3) is 4.53. The van der Waals surface area contributed by atoms with Gasteiger partial charge in [0.1, 0.15) is 0 Å². The summed E-state index contributed by atoms with van der Waals surface area (Å²) < 4.78 is 32.1. The lowest BCUT2D eigenvalue weighted by atomic mass is 10.2. The number of carbonyl (C=O) groups excluding carboxylic acids is 1. The number of anilines is 1. The molecule has 1 N–H and O–H groups in total. The molecule has 128 valence electrons. The second-order valence-corrected chi connectivity index (χ2v) is 7.61. The lowest BCUT2D eigenvalue weighted by molar-refractivity contribution is -0.116. The molecule has 1 aromatic rings. The molecular formula is C16H24N2O4S. The number of hydrogen-bond acceptors (Lipinski definition) is 4. The van der Waals surface area contributed by atoms with Crippen LogP contribution >= 0.6 is 0 Å². The number of hydrogen-bond donors (Lipinski definition) is 1. The van der Waals surface area contributed by atoms with E-state index in [2.05, 4.69) is 5.32 Å². The van der Waals surface area contributed by atoms with Gasteiger partial charge in [-0.05, 0) is 37.6 Å². The van der Waals surface area contributed by atoms with E-state index in [4.69, 9.17) is 4.74 Å². The number of unbranched alkanes of at least 4 members (excludes halogenated alkanes) is 1. The average molecular weight is 340 g/mol. The molecule has 1 fully saturated rings. The Morgan fingerprint density at radius 2 is 2.04 bits per heavy atom. The highest BCUT2D eigenvalue weighted by molar-refractivity contribution is 7.89. The van der Waals surface area contributed by atoms with Crippen molar-refractivity contribution in [2.24, 2.45) is 0 Å². The Morgan fingerprint density at radius 1 is 1.35 bits per heavy atom. The van der Waals surface area contributed by atoms with Crippen molar-refractivity contribution in [3.8, 4) is 0 Å². The van der Waals surface area contributed by atoms with Gasteiger partial charge in [-0.15, -0.1) is 0 Å². The van der Waals surface area contributed by atoms with Crippen molar-refractivity contribution in [3.63, 3.8) is 0 Å². The number of morpholine rings is 1. The number of carbonyl (C=O) groups is 1. The smallest absolute Gasteiger partial charge is 0.243 e. The van der Waals surface area contributed by atoms with Gasteiger partial charge in [0.05, 0.1) is 18.1 Å². The van der Waals surface area contributed by atoms with E-state index >= 15 is 0 Å². The van der Waals surface area contributed by atoms with Crippen LogP contribution in [0.1, 0.15) is 33.1 Å². The van der Waals surface area contributed by atoms with E-state index in [0.29, 0.717) is 31.9 Å². The van der Waals surface area contributed by atoms with Crippen LogP contribution in [0.5, 0.6) is 0 Å². The molecule has 0 spiro atoms. The van der Waals surface area contributed by atoms with E-state index in [1.807, 2.05) is 13.8 Å². The summed E-state index contributed by atoms with van der Waals surface area (Å²) in [7, 11) is -3.53. The molecule has 23 heavy (non-hydrogen) atoms. The van der Waals surface area contributed by atoms with Crippen LogP contribution < -0.4 is 5.32 Å². The first-order valence-electron chi connectivity index (χ1n) is 7.94. The summed E-state index contributed by atoms with van der Waals surface area (Å²) in [5, 5.41) is 2.78. The number of amides is 1. The summed E-state index contributed by atoms with van der Waals surface area (Å²) in [6.07, 6.45) is 2.28. The quantitative estimate of drug-likeness (QED) is 0.861. The van der Waals surface area contributed by atoms with Crippen molar-refractivity contribution in [1.82, 2.24) is 4.31 Å². The van der Waals surface area contributed by atoms with Gasteiger partial charge in [0.15, 0.2) is 0 Å². The highest BCUT2D eigenvalue weighted by Crippen LogP contribution is 2.22. The summed E-state index contributed by atoms with van der Waals surface area (Å²) in [4.78, 5) is 11.9. The minimum atomic E-state index is -3.53. The number of nitrogens with one attached hydrogen (secondary N) is 1. The van der Waals surface area contributed by atoms with Gasteiger partial charge >= 0.3 is 0 Å². The standard InChI is InChI=1S/C16H24N2O4S/c1-3-4-5-16(19)17-14-6-8-15(9-7-14)23(20,21)18-10-11-22-12-13(18)2/h6-9,13H,3-5,10-12H2,1-2H3,(H,17,19).